The van der Waals surface area contributed by atoms with Crippen molar-refractivity contribution >= 4 is 0 Å². The number of unbranched alkanes of at least 4 members (excludes halogenated alkanes) is 1. The lowest BCUT2D eigenvalue weighted by atomic mass is 9.63. The van der Waals surface area contributed by atoms with Gasteiger partial charge in [0, 0.05) is 19.5 Å². The maximum absolute atomic E-state index is 8.36. The topological polar surface area (TPSA) is 27.0 Å². The van der Waals surface area contributed by atoms with Gasteiger partial charge in [0.05, 0.1) is 6.07 Å². The van der Waals surface area contributed by atoms with Gasteiger partial charge in [0.25, 0.3) is 0 Å². The van der Waals surface area contributed by atoms with E-state index >= 15 is 0 Å². The molecule has 2 aliphatic rings. The van der Waals surface area contributed by atoms with Crippen molar-refractivity contribution in [3.05, 3.63) is 0 Å². The molecule has 1 heterocycles. The van der Waals surface area contributed by atoms with Crippen LogP contribution in [0.3, 0.4) is 0 Å². The van der Waals surface area contributed by atoms with Crippen molar-refractivity contribution in [2.24, 2.45) is 5.41 Å². The molecule has 2 fully saturated rings. The van der Waals surface area contributed by atoms with Gasteiger partial charge in [0.1, 0.15) is 0 Å². The Morgan fingerprint density at radius 1 is 1.33 bits per heavy atom. The van der Waals surface area contributed by atoms with Gasteiger partial charge in [0.2, 0.25) is 0 Å². The third kappa shape index (κ3) is 1.34. The Morgan fingerprint density at radius 3 is 2.58 bits per heavy atom. The molecule has 1 aliphatic heterocycles. The van der Waals surface area contributed by atoms with Gasteiger partial charge >= 0.3 is 0 Å². The Kier molecular flexibility index (Phi) is 2.06. The third-order valence-electron chi connectivity index (χ3n) is 3.30. The Balaban J connectivity index is 1.59. The van der Waals surface area contributed by atoms with E-state index < -0.39 is 0 Å². The average molecular weight is 164 g/mol. The molecular weight excluding hydrogens is 148 g/mol. The Morgan fingerprint density at radius 2 is 2.08 bits per heavy atom. The normalized spacial score (nSPS) is 25.9. The van der Waals surface area contributed by atoms with Gasteiger partial charge in [-0.2, -0.15) is 5.26 Å². The maximum atomic E-state index is 8.36. The van der Waals surface area contributed by atoms with E-state index in [0.29, 0.717) is 0 Å². The molecule has 66 valence electrons. The lowest BCUT2D eigenvalue weighted by molar-refractivity contribution is -0.0595. The van der Waals surface area contributed by atoms with Crippen molar-refractivity contribution in [1.29, 1.82) is 5.26 Å². The first-order valence-electron chi connectivity index (χ1n) is 4.94. The van der Waals surface area contributed by atoms with E-state index in [2.05, 4.69) is 11.0 Å². The van der Waals surface area contributed by atoms with E-state index in [1.807, 2.05) is 0 Å². The summed E-state index contributed by atoms with van der Waals surface area (Å²) >= 11 is 0. The number of nitrogens with zero attached hydrogens (tertiary/aromatic N) is 2. The molecule has 0 bridgehead atoms. The zero-order valence-electron chi connectivity index (χ0n) is 7.55. The summed E-state index contributed by atoms with van der Waals surface area (Å²) in [5, 5.41) is 8.36. The molecule has 2 nitrogen and oxygen atoms in total. The van der Waals surface area contributed by atoms with E-state index in [0.717, 1.165) is 24.8 Å². The van der Waals surface area contributed by atoms with Gasteiger partial charge in [-0.05, 0) is 31.2 Å². The quantitative estimate of drug-likeness (QED) is 0.594. The highest BCUT2D eigenvalue weighted by molar-refractivity contribution is 5.00. The summed E-state index contributed by atoms with van der Waals surface area (Å²) < 4.78 is 0. The van der Waals surface area contributed by atoms with Crippen molar-refractivity contribution < 1.29 is 0 Å². The highest BCUT2D eigenvalue weighted by atomic mass is 15.2. The monoisotopic (exact) mass is 164 g/mol. The van der Waals surface area contributed by atoms with Crippen molar-refractivity contribution in [3.63, 3.8) is 0 Å². The predicted molar refractivity (Wildman–Crippen MR) is 47.6 cm³/mol. The molecule has 0 radical (unpaired) electrons. The molecule has 1 saturated heterocycles. The van der Waals surface area contributed by atoms with Crippen molar-refractivity contribution in [1.82, 2.24) is 4.90 Å². The summed E-state index contributed by atoms with van der Waals surface area (Å²) in [6.07, 6.45) is 6.16. The van der Waals surface area contributed by atoms with Crippen LogP contribution in [0.2, 0.25) is 0 Å². The first-order chi connectivity index (χ1) is 5.85. The second-order valence-electron chi connectivity index (χ2n) is 4.33. The first-order valence-corrected chi connectivity index (χ1v) is 4.94. The minimum absolute atomic E-state index is 0.726. The smallest absolute Gasteiger partial charge is 0.0622 e. The molecule has 1 spiro atoms. The molecule has 0 aromatic carbocycles. The van der Waals surface area contributed by atoms with Crippen LogP contribution in [-0.4, -0.2) is 24.5 Å². The van der Waals surface area contributed by atoms with Gasteiger partial charge < -0.3 is 4.90 Å². The Bertz CT molecular complexity index is 192. The van der Waals surface area contributed by atoms with Crippen LogP contribution in [-0.2, 0) is 0 Å². The van der Waals surface area contributed by atoms with Crippen LogP contribution in [0.5, 0.6) is 0 Å². The van der Waals surface area contributed by atoms with Crippen molar-refractivity contribution in [3.8, 4) is 6.07 Å². The zero-order chi connectivity index (χ0) is 8.44. The van der Waals surface area contributed by atoms with E-state index in [1.165, 1.54) is 32.4 Å². The standard InChI is InChI=1S/C10H16N2/c11-6-1-2-7-12-8-10(9-12)4-3-5-10/h1-5,7-9H2. The largest absolute Gasteiger partial charge is 0.302 e. The number of hydrogen-bond acceptors (Lipinski definition) is 2. The van der Waals surface area contributed by atoms with Crippen LogP contribution >= 0.6 is 0 Å². The van der Waals surface area contributed by atoms with E-state index in [4.69, 9.17) is 5.26 Å². The van der Waals surface area contributed by atoms with Gasteiger partial charge in [-0.3, -0.25) is 0 Å². The van der Waals surface area contributed by atoms with Gasteiger partial charge in [-0.25, -0.2) is 0 Å². The molecule has 0 amide bonds. The van der Waals surface area contributed by atoms with E-state index in [9.17, 15) is 0 Å². The Hall–Kier alpha value is -0.550. The number of nitriles is 1. The maximum Gasteiger partial charge on any atom is 0.0622 e. The average Bonchev–Trinajstić information content (AvgIpc) is 1.90. The fourth-order valence-corrected chi connectivity index (χ4v) is 2.44. The molecule has 2 rings (SSSR count). The molecule has 2 heteroatoms. The molecule has 0 atom stereocenters. The molecule has 1 aliphatic carbocycles. The summed E-state index contributed by atoms with van der Waals surface area (Å²) in [5.74, 6) is 0. The Labute approximate surface area is 74.2 Å². The summed E-state index contributed by atoms with van der Waals surface area (Å²) in [5.41, 5.74) is 0.757. The first kappa shape index (κ1) is 8.07. The minimum atomic E-state index is 0.726. The van der Waals surface area contributed by atoms with Gasteiger partial charge in [-0.1, -0.05) is 6.42 Å². The second-order valence-corrected chi connectivity index (χ2v) is 4.33. The molecule has 0 unspecified atom stereocenters. The number of likely N-dealkylation sites (tertiary alicyclic amines) is 1. The van der Waals surface area contributed by atoms with Crippen LogP contribution in [0.4, 0.5) is 0 Å². The summed E-state index contributed by atoms with van der Waals surface area (Å²) in [7, 11) is 0. The van der Waals surface area contributed by atoms with Crippen molar-refractivity contribution in [2.75, 3.05) is 19.6 Å². The van der Waals surface area contributed by atoms with Crippen molar-refractivity contribution in [2.45, 2.75) is 32.1 Å². The SMILES string of the molecule is N#CCCCN1CC2(CCC2)C1. The number of hydrogen-bond donors (Lipinski definition) is 0. The molecule has 0 N–H and O–H groups in total. The highest BCUT2D eigenvalue weighted by Gasteiger charge is 2.46. The molecular formula is C10H16N2. The predicted octanol–water partition coefficient (Wildman–Crippen LogP) is 1.78. The van der Waals surface area contributed by atoms with Crippen LogP contribution in [0.15, 0.2) is 0 Å². The summed E-state index contributed by atoms with van der Waals surface area (Å²) in [4.78, 5) is 2.50. The molecule has 0 aromatic heterocycles. The second kappa shape index (κ2) is 3.06. The number of rotatable bonds is 3. The minimum Gasteiger partial charge on any atom is -0.302 e. The molecule has 0 aromatic rings. The summed E-state index contributed by atoms with van der Waals surface area (Å²) in [6.45, 7) is 3.78. The molecule has 1 saturated carbocycles. The van der Waals surface area contributed by atoms with Crippen LogP contribution in [0.25, 0.3) is 0 Å². The fourth-order valence-electron chi connectivity index (χ4n) is 2.44. The van der Waals surface area contributed by atoms with Crippen LogP contribution in [0.1, 0.15) is 32.1 Å². The van der Waals surface area contributed by atoms with Gasteiger partial charge in [-0.15, -0.1) is 0 Å². The summed E-state index contributed by atoms with van der Waals surface area (Å²) in [6, 6.07) is 2.19. The van der Waals surface area contributed by atoms with Gasteiger partial charge in [0.15, 0.2) is 0 Å². The lowest BCUT2D eigenvalue weighted by Gasteiger charge is -2.56. The molecule has 12 heavy (non-hydrogen) atoms. The van der Waals surface area contributed by atoms with Crippen LogP contribution < -0.4 is 0 Å². The van der Waals surface area contributed by atoms with Crippen LogP contribution in [0, 0.1) is 16.7 Å². The zero-order valence-corrected chi connectivity index (χ0v) is 7.55. The fraction of sp³-hybridized carbons (Fsp3) is 0.900. The lowest BCUT2D eigenvalue weighted by Crippen LogP contribution is -2.59. The van der Waals surface area contributed by atoms with E-state index in [-0.39, 0.29) is 0 Å². The third-order valence-corrected chi connectivity index (χ3v) is 3.30. The van der Waals surface area contributed by atoms with E-state index in [1.54, 1.807) is 0 Å². The highest BCUT2D eigenvalue weighted by Crippen LogP contribution is 2.47.